The number of hydrogen-bond acceptors (Lipinski definition) is 3. The average Bonchev–Trinajstić information content (AvgIpc) is 2.98. The second-order valence-corrected chi connectivity index (χ2v) is 6.10. The minimum atomic E-state index is -1.17. The van der Waals surface area contributed by atoms with E-state index in [-0.39, 0.29) is 5.91 Å². The predicted molar refractivity (Wildman–Crippen MR) is 74.2 cm³/mol. The Kier molecular flexibility index (Phi) is 2.29. The highest BCUT2D eigenvalue weighted by Crippen LogP contribution is 2.47. The van der Waals surface area contributed by atoms with Gasteiger partial charge in [-0.1, -0.05) is 18.2 Å². The number of para-hydroxylation sites is 1. The first kappa shape index (κ1) is 12.4. The lowest BCUT2D eigenvalue weighted by molar-refractivity contribution is -0.312. The van der Waals surface area contributed by atoms with Crippen LogP contribution in [0.3, 0.4) is 0 Å². The van der Waals surface area contributed by atoms with Crippen molar-refractivity contribution in [3.8, 4) is 0 Å². The first-order chi connectivity index (χ1) is 10.0. The van der Waals surface area contributed by atoms with Gasteiger partial charge in [0.1, 0.15) is 0 Å². The quantitative estimate of drug-likeness (QED) is 0.836. The summed E-state index contributed by atoms with van der Waals surface area (Å²) in [5.74, 6) is -1.27. The van der Waals surface area contributed by atoms with Crippen molar-refractivity contribution >= 4 is 22.8 Å². The first-order valence-electron chi connectivity index (χ1n) is 7.15. The van der Waals surface area contributed by atoms with Gasteiger partial charge in [0.2, 0.25) is 5.91 Å². The largest absolute Gasteiger partial charge is 0.548 e. The third-order valence-electron chi connectivity index (χ3n) is 4.96. The zero-order valence-electron chi connectivity index (χ0n) is 11.7. The molecule has 0 bridgehead atoms. The zero-order chi connectivity index (χ0) is 14.8. The van der Waals surface area contributed by atoms with E-state index in [0.717, 1.165) is 22.2 Å². The number of carboxylic acids is 1. The molecule has 2 aliphatic heterocycles. The lowest BCUT2D eigenvalue weighted by Gasteiger charge is -2.45. The summed E-state index contributed by atoms with van der Waals surface area (Å²) < 4.78 is 0. The number of carboxylic acid groups (broad SMARTS) is 1. The van der Waals surface area contributed by atoms with Crippen molar-refractivity contribution in [2.24, 2.45) is 0 Å². The van der Waals surface area contributed by atoms with Crippen LogP contribution in [0.15, 0.2) is 24.3 Å². The number of carbonyl (C=O) groups is 2. The second kappa shape index (κ2) is 3.87. The van der Waals surface area contributed by atoms with E-state index in [1.165, 1.54) is 4.90 Å². The van der Waals surface area contributed by atoms with Gasteiger partial charge in [-0.15, -0.1) is 0 Å². The van der Waals surface area contributed by atoms with Crippen molar-refractivity contribution in [2.45, 2.75) is 37.8 Å². The Morgan fingerprint density at radius 3 is 2.95 bits per heavy atom. The van der Waals surface area contributed by atoms with E-state index in [2.05, 4.69) is 4.98 Å². The van der Waals surface area contributed by atoms with Crippen molar-refractivity contribution in [1.82, 2.24) is 9.88 Å². The molecule has 0 radical (unpaired) electrons. The molecule has 21 heavy (non-hydrogen) atoms. The van der Waals surface area contributed by atoms with Crippen molar-refractivity contribution in [2.75, 3.05) is 0 Å². The van der Waals surface area contributed by atoms with Gasteiger partial charge in [0.25, 0.3) is 0 Å². The number of aromatic amines is 1. The molecule has 0 spiro atoms. The number of fused-ring (bicyclic) bond motifs is 5. The van der Waals surface area contributed by atoms with Gasteiger partial charge in [0.05, 0.1) is 17.6 Å². The maximum atomic E-state index is 12.2. The zero-order valence-corrected chi connectivity index (χ0v) is 11.7. The summed E-state index contributed by atoms with van der Waals surface area (Å²) in [7, 11) is 0. The monoisotopic (exact) mass is 283 g/mol. The summed E-state index contributed by atoms with van der Waals surface area (Å²) in [4.78, 5) is 28.6. The third-order valence-corrected chi connectivity index (χ3v) is 4.96. The molecule has 1 fully saturated rings. The maximum Gasteiger partial charge on any atom is 0.224 e. The summed E-state index contributed by atoms with van der Waals surface area (Å²) >= 11 is 0. The highest BCUT2D eigenvalue weighted by atomic mass is 16.4. The van der Waals surface area contributed by atoms with E-state index >= 15 is 0 Å². The Bertz CT molecular complexity index is 779. The number of amides is 1. The molecule has 2 aliphatic rings. The Morgan fingerprint density at radius 2 is 2.19 bits per heavy atom. The van der Waals surface area contributed by atoms with Gasteiger partial charge in [0, 0.05) is 29.4 Å². The summed E-state index contributed by atoms with van der Waals surface area (Å²) in [6, 6.07) is 6.98. The van der Waals surface area contributed by atoms with Crippen LogP contribution in [0.4, 0.5) is 0 Å². The van der Waals surface area contributed by atoms with Gasteiger partial charge in [-0.25, -0.2) is 0 Å². The maximum absolute atomic E-state index is 12.2. The van der Waals surface area contributed by atoms with Crippen LogP contribution in [-0.4, -0.2) is 27.8 Å². The Balaban J connectivity index is 2.01. The molecule has 1 amide bonds. The van der Waals surface area contributed by atoms with Crippen molar-refractivity contribution in [3.05, 3.63) is 35.5 Å². The molecule has 1 N–H and O–H groups in total. The molecular weight excluding hydrogens is 268 g/mol. The molecule has 2 atom stereocenters. The molecule has 4 rings (SSSR count). The minimum absolute atomic E-state index is 0.101. The smallest absolute Gasteiger partial charge is 0.224 e. The molecule has 1 aromatic heterocycles. The van der Waals surface area contributed by atoms with Crippen LogP contribution in [0.1, 0.15) is 31.0 Å². The van der Waals surface area contributed by atoms with Crippen LogP contribution in [0, 0.1) is 0 Å². The molecule has 0 unspecified atom stereocenters. The number of aromatic nitrogens is 1. The molecule has 2 aromatic rings. The number of rotatable bonds is 1. The lowest BCUT2D eigenvalue weighted by atomic mass is 9.83. The standard InChI is InChI=1S/C16H16N2O3/c1-16-7-6-13(19)18(16)12(15(20)21)8-10-9-4-2-3-5-11(9)17-14(10)16/h2-5,12,17H,6-8H2,1H3,(H,20,21)/p-1/t12-,16+/m0/s1. The minimum Gasteiger partial charge on any atom is -0.548 e. The van der Waals surface area contributed by atoms with Gasteiger partial charge in [0.15, 0.2) is 0 Å². The number of nitrogens with one attached hydrogen (secondary N) is 1. The molecular formula is C16H15N2O3-. The van der Waals surface area contributed by atoms with Crippen molar-refractivity contribution in [1.29, 1.82) is 0 Å². The highest BCUT2D eigenvalue weighted by Gasteiger charge is 2.51. The topological polar surface area (TPSA) is 76.2 Å². The molecule has 3 heterocycles. The summed E-state index contributed by atoms with van der Waals surface area (Å²) in [5.41, 5.74) is 2.40. The highest BCUT2D eigenvalue weighted by molar-refractivity contribution is 5.91. The van der Waals surface area contributed by atoms with E-state index in [4.69, 9.17) is 0 Å². The summed E-state index contributed by atoms with van der Waals surface area (Å²) in [6.07, 6.45) is 1.33. The van der Waals surface area contributed by atoms with Gasteiger partial charge in [-0.3, -0.25) is 4.79 Å². The fourth-order valence-electron chi connectivity index (χ4n) is 3.97. The van der Waals surface area contributed by atoms with Gasteiger partial charge in [-0.05, 0) is 25.0 Å². The van der Waals surface area contributed by atoms with Gasteiger partial charge < -0.3 is 19.8 Å². The van der Waals surface area contributed by atoms with Crippen LogP contribution in [-0.2, 0) is 21.5 Å². The molecule has 1 saturated heterocycles. The number of hydrogen-bond donors (Lipinski definition) is 1. The van der Waals surface area contributed by atoms with E-state index in [9.17, 15) is 14.7 Å². The summed E-state index contributed by atoms with van der Waals surface area (Å²) in [6.45, 7) is 1.95. The Hall–Kier alpha value is -2.30. The van der Waals surface area contributed by atoms with Crippen molar-refractivity contribution < 1.29 is 14.7 Å². The van der Waals surface area contributed by atoms with E-state index in [0.29, 0.717) is 19.3 Å². The number of carbonyl (C=O) groups excluding carboxylic acids is 2. The first-order valence-corrected chi connectivity index (χ1v) is 7.15. The number of aliphatic carboxylic acids is 1. The van der Waals surface area contributed by atoms with Crippen LogP contribution < -0.4 is 5.11 Å². The molecule has 0 aliphatic carbocycles. The van der Waals surface area contributed by atoms with E-state index < -0.39 is 17.6 Å². The second-order valence-electron chi connectivity index (χ2n) is 6.10. The van der Waals surface area contributed by atoms with Crippen LogP contribution in [0.5, 0.6) is 0 Å². The van der Waals surface area contributed by atoms with Crippen LogP contribution in [0.2, 0.25) is 0 Å². The summed E-state index contributed by atoms with van der Waals surface area (Å²) in [5, 5.41) is 12.6. The fraction of sp³-hybridized carbons (Fsp3) is 0.375. The third kappa shape index (κ3) is 1.46. The van der Waals surface area contributed by atoms with Crippen LogP contribution in [0.25, 0.3) is 10.9 Å². The van der Waals surface area contributed by atoms with Gasteiger partial charge >= 0.3 is 0 Å². The Labute approximate surface area is 121 Å². The normalized spacial score (nSPS) is 27.8. The molecule has 1 aromatic carbocycles. The van der Waals surface area contributed by atoms with E-state index in [1.807, 2.05) is 31.2 Å². The Morgan fingerprint density at radius 1 is 1.43 bits per heavy atom. The van der Waals surface area contributed by atoms with Crippen LogP contribution >= 0.6 is 0 Å². The van der Waals surface area contributed by atoms with Crippen molar-refractivity contribution in [3.63, 3.8) is 0 Å². The van der Waals surface area contributed by atoms with E-state index in [1.54, 1.807) is 0 Å². The average molecular weight is 283 g/mol. The predicted octanol–water partition coefficient (Wildman–Crippen LogP) is 0.680. The lowest BCUT2D eigenvalue weighted by Crippen LogP contribution is -2.58. The number of H-pyrrole nitrogens is 1. The fourth-order valence-corrected chi connectivity index (χ4v) is 3.97. The number of benzene rings is 1. The van der Waals surface area contributed by atoms with Gasteiger partial charge in [-0.2, -0.15) is 0 Å². The molecule has 0 saturated carbocycles. The number of nitrogens with zero attached hydrogens (tertiary/aromatic N) is 1. The molecule has 108 valence electrons. The molecule has 5 nitrogen and oxygen atoms in total. The SMILES string of the molecule is C[C@]12CCC(=O)N1[C@H](C(=O)[O-])Cc1c2[nH]c2ccccc12. The molecule has 5 heteroatoms.